The molecular weight excluding hydrogens is 192 g/mol. The first-order chi connectivity index (χ1) is 6.81. The second-order valence-corrected chi connectivity index (χ2v) is 4.10. The van der Waals surface area contributed by atoms with Crippen molar-refractivity contribution >= 4 is 11.3 Å². The monoisotopic (exact) mass is 200 g/mol. The molecule has 0 aliphatic heterocycles. The molecule has 0 fully saturated rings. The molecule has 0 N–H and O–H groups in total. The lowest BCUT2D eigenvalue weighted by Gasteiger charge is -1.92. The van der Waals surface area contributed by atoms with E-state index in [0.29, 0.717) is 5.69 Å². The summed E-state index contributed by atoms with van der Waals surface area (Å²) in [5, 5.41) is 9.69. The highest BCUT2D eigenvalue weighted by Gasteiger charge is 2.07. The molecule has 2 aromatic rings. The van der Waals surface area contributed by atoms with Crippen LogP contribution in [0, 0.1) is 18.3 Å². The summed E-state index contributed by atoms with van der Waals surface area (Å²) >= 11 is 1.56. The summed E-state index contributed by atoms with van der Waals surface area (Å²) in [7, 11) is 0. The third-order valence-corrected chi connectivity index (χ3v) is 2.94. The fourth-order valence-electron chi connectivity index (χ4n) is 1.20. The van der Waals surface area contributed by atoms with Gasteiger partial charge in [0.15, 0.2) is 5.69 Å². The normalized spacial score (nSPS) is 9.71. The minimum absolute atomic E-state index is 0.536. The molecule has 0 saturated carbocycles. The van der Waals surface area contributed by atoms with Gasteiger partial charge in [0, 0.05) is 10.4 Å². The number of thiazole rings is 1. The summed E-state index contributed by atoms with van der Waals surface area (Å²) in [5.41, 5.74) is 1.61. The number of nitrogens with zero attached hydrogens (tertiary/aromatic N) is 2. The largest absolute Gasteiger partial charge is 0.225 e. The molecule has 0 spiro atoms. The Morgan fingerprint density at radius 2 is 2.00 bits per heavy atom. The van der Waals surface area contributed by atoms with Crippen LogP contribution in [-0.2, 0) is 0 Å². The van der Waals surface area contributed by atoms with Crippen LogP contribution in [0.1, 0.15) is 10.6 Å². The molecule has 1 aromatic carbocycles. The Labute approximate surface area is 86.5 Å². The number of hydrogen-bond donors (Lipinski definition) is 0. The van der Waals surface area contributed by atoms with Crippen molar-refractivity contribution in [3.8, 4) is 16.6 Å². The van der Waals surface area contributed by atoms with Crippen molar-refractivity contribution in [3.63, 3.8) is 0 Å². The summed E-state index contributed by atoms with van der Waals surface area (Å²) in [6.45, 7) is 1.92. The van der Waals surface area contributed by atoms with Crippen LogP contribution in [0.15, 0.2) is 30.3 Å². The third-order valence-electron chi connectivity index (χ3n) is 1.92. The standard InChI is InChI=1S/C11H8N2S/c1-8-10(7-12)13-11(14-8)9-5-3-2-4-6-9/h2-6H,1H3. The first kappa shape index (κ1) is 8.92. The van der Waals surface area contributed by atoms with Gasteiger partial charge in [-0.25, -0.2) is 4.98 Å². The van der Waals surface area contributed by atoms with E-state index in [2.05, 4.69) is 11.1 Å². The van der Waals surface area contributed by atoms with Crippen LogP contribution < -0.4 is 0 Å². The van der Waals surface area contributed by atoms with Crippen molar-refractivity contribution in [1.29, 1.82) is 5.26 Å². The van der Waals surface area contributed by atoms with Crippen LogP contribution in [0.2, 0.25) is 0 Å². The summed E-state index contributed by atoms with van der Waals surface area (Å²) in [6.07, 6.45) is 0. The van der Waals surface area contributed by atoms with Crippen molar-refractivity contribution in [2.45, 2.75) is 6.92 Å². The second kappa shape index (κ2) is 3.60. The van der Waals surface area contributed by atoms with E-state index in [-0.39, 0.29) is 0 Å². The molecule has 0 radical (unpaired) electrons. The number of rotatable bonds is 1. The molecule has 14 heavy (non-hydrogen) atoms. The molecule has 68 valence electrons. The van der Waals surface area contributed by atoms with E-state index in [0.717, 1.165) is 15.4 Å². The number of aromatic nitrogens is 1. The van der Waals surface area contributed by atoms with Gasteiger partial charge in [0.2, 0.25) is 0 Å². The molecule has 1 heterocycles. The van der Waals surface area contributed by atoms with Gasteiger partial charge >= 0.3 is 0 Å². The first-order valence-corrected chi connectivity index (χ1v) is 5.06. The lowest BCUT2D eigenvalue weighted by molar-refractivity contribution is 1.30. The minimum Gasteiger partial charge on any atom is -0.225 e. The van der Waals surface area contributed by atoms with Gasteiger partial charge < -0.3 is 0 Å². The van der Waals surface area contributed by atoms with Crippen LogP contribution in [0.25, 0.3) is 10.6 Å². The average Bonchev–Trinajstić information content (AvgIpc) is 2.61. The van der Waals surface area contributed by atoms with Gasteiger partial charge in [0.1, 0.15) is 11.1 Å². The SMILES string of the molecule is Cc1sc(-c2ccccc2)nc1C#N. The first-order valence-electron chi connectivity index (χ1n) is 4.24. The number of nitriles is 1. The van der Waals surface area contributed by atoms with Crippen molar-refractivity contribution in [2.24, 2.45) is 0 Å². The molecule has 0 unspecified atom stereocenters. The Bertz CT molecular complexity index is 480. The third kappa shape index (κ3) is 1.52. The van der Waals surface area contributed by atoms with Crippen LogP contribution in [-0.4, -0.2) is 4.98 Å². The molecule has 0 bridgehead atoms. The Morgan fingerprint density at radius 1 is 1.29 bits per heavy atom. The Morgan fingerprint density at radius 3 is 2.57 bits per heavy atom. The van der Waals surface area contributed by atoms with Crippen molar-refractivity contribution in [2.75, 3.05) is 0 Å². The van der Waals surface area contributed by atoms with E-state index in [9.17, 15) is 0 Å². The average molecular weight is 200 g/mol. The molecule has 0 saturated heterocycles. The molecule has 0 aliphatic rings. The minimum atomic E-state index is 0.536. The maximum Gasteiger partial charge on any atom is 0.155 e. The van der Waals surface area contributed by atoms with Gasteiger partial charge in [0.25, 0.3) is 0 Å². The van der Waals surface area contributed by atoms with Gasteiger partial charge in [-0.2, -0.15) is 5.26 Å². The Balaban J connectivity index is 2.50. The van der Waals surface area contributed by atoms with E-state index in [1.54, 1.807) is 11.3 Å². The van der Waals surface area contributed by atoms with Crippen molar-refractivity contribution < 1.29 is 0 Å². The van der Waals surface area contributed by atoms with Crippen LogP contribution >= 0.6 is 11.3 Å². The zero-order chi connectivity index (χ0) is 9.97. The molecule has 2 rings (SSSR count). The summed E-state index contributed by atoms with van der Waals surface area (Å²) < 4.78 is 0. The van der Waals surface area contributed by atoms with Crippen molar-refractivity contribution in [3.05, 3.63) is 40.9 Å². The topological polar surface area (TPSA) is 36.7 Å². The molecule has 3 heteroatoms. The van der Waals surface area contributed by atoms with Gasteiger partial charge in [-0.15, -0.1) is 11.3 Å². The van der Waals surface area contributed by atoms with E-state index < -0.39 is 0 Å². The zero-order valence-corrected chi connectivity index (χ0v) is 8.51. The van der Waals surface area contributed by atoms with Crippen LogP contribution in [0.4, 0.5) is 0 Å². The Kier molecular flexibility index (Phi) is 2.30. The van der Waals surface area contributed by atoms with Gasteiger partial charge in [-0.1, -0.05) is 30.3 Å². The maximum atomic E-state index is 8.77. The molecule has 0 amide bonds. The highest BCUT2D eigenvalue weighted by atomic mass is 32.1. The van der Waals surface area contributed by atoms with Gasteiger partial charge in [0.05, 0.1) is 0 Å². The fourth-order valence-corrected chi connectivity index (χ4v) is 2.07. The van der Waals surface area contributed by atoms with E-state index in [1.807, 2.05) is 37.3 Å². The number of aryl methyl sites for hydroxylation is 1. The van der Waals surface area contributed by atoms with E-state index in [4.69, 9.17) is 5.26 Å². The van der Waals surface area contributed by atoms with Crippen LogP contribution in [0.5, 0.6) is 0 Å². The van der Waals surface area contributed by atoms with Gasteiger partial charge in [-0.3, -0.25) is 0 Å². The van der Waals surface area contributed by atoms with Gasteiger partial charge in [-0.05, 0) is 6.92 Å². The highest BCUT2D eigenvalue weighted by molar-refractivity contribution is 7.15. The van der Waals surface area contributed by atoms with E-state index in [1.165, 1.54) is 0 Å². The molecular formula is C11H8N2S. The smallest absolute Gasteiger partial charge is 0.155 e. The highest BCUT2D eigenvalue weighted by Crippen LogP contribution is 2.26. The summed E-state index contributed by atoms with van der Waals surface area (Å²) in [6, 6.07) is 12.0. The number of hydrogen-bond acceptors (Lipinski definition) is 3. The van der Waals surface area contributed by atoms with Crippen molar-refractivity contribution in [1.82, 2.24) is 4.98 Å². The maximum absolute atomic E-state index is 8.77. The molecule has 1 aromatic heterocycles. The second-order valence-electron chi connectivity index (χ2n) is 2.90. The lowest BCUT2D eigenvalue weighted by Crippen LogP contribution is -1.77. The summed E-state index contributed by atoms with van der Waals surface area (Å²) in [5.74, 6) is 0. The zero-order valence-electron chi connectivity index (χ0n) is 7.69. The molecule has 0 aliphatic carbocycles. The predicted octanol–water partition coefficient (Wildman–Crippen LogP) is 2.99. The molecule has 0 atom stereocenters. The summed E-state index contributed by atoms with van der Waals surface area (Å²) in [4.78, 5) is 5.23. The molecule has 2 nitrogen and oxygen atoms in total. The van der Waals surface area contributed by atoms with Crippen LogP contribution in [0.3, 0.4) is 0 Å². The predicted molar refractivity (Wildman–Crippen MR) is 57.0 cm³/mol. The Hall–Kier alpha value is -1.66. The quantitative estimate of drug-likeness (QED) is 0.709. The number of benzene rings is 1. The van der Waals surface area contributed by atoms with E-state index >= 15 is 0 Å². The fraction of sp³-hybridized carbons (Fsp3) is 0.0909. The lowest BCUT2D eigenvalue weighted by atomic mass is 10.2.